The second-order valence-corrected chi connectivity index (χ2v) is 5.85. The molecule has 84 valence electrons. The summed E-state index contributed by atoms with van der Waals surface area (Å²) in [6.07, 6.45) is 3.63. The van der Waals surface area contributed by atoms with Crippen molar-refractivity contribution >= 4 is 12.3 Å². The second-order valence-electron chi connectivity index (χ2n) is 5.85. The number of aldehydes is 1. The van der Waals surface area contributed by atoms with Gasteiger partial charge in [-0.05, 0) is 25.2 Å². The maximum absolute atomic E-state index is 11.1. The molecule has 2 fully saturated rings. The summed E-state index contributed by atoms with van der Waals surface area (Å²) >= 11 is 0. The lowest BCUT2D eigenvalue weighted by molar-refractivity contribution is -0.165. The minimum absolute atomic E-state index is 0.0195. The summed E-state index contributed by atoms with van der Waals surface area (Å²) in [5, 5.41) is 0. The molecule has 2 rings (SSSR count). The Labute approximate surface area is 90.2 Å². The molecule has 2 aliphatic carbocycles. The summed E-state index contributed by atoms with van der Waals surface area (Å²) < 4.78 is 5.31. The van der Waals surface area contributed by atoms with Crippen LogP contribution in [0, 0.1) is 16.7 Å². The van der Waals surface area contributed by atoms with Crippen LogP contribution in [0.4, 0.5) is 0 Å². The van der Waals surface area contributed by atoms with Gasteiger partial charge in [0, 0.05) is 10.8 Å². The first-order chi connectivity index (χ1) is 6.90. The van der Waals surface area contributed by atoms with Crippen LogP contribution in [0.5, 0.6) is 0 Å². The Balaban J connectivity index is 2.22. The van der Waals surface area contributed by atoms with Gasteiger partial charge < -0.3 is 4.74 Å². The van der Waals surface area contributed by atoms with Crippen LogP contribution >= 0.6 is 0 Å². The number of hydrogen-bond acceptors (Lipinski definition) is 3. The lowest BCUT2D eigenvalue weighted by Gasteiger charge is -2.41. The zero-order valence-electron chi connectivity index (χ0n) is 9.58. The standard InChI is InChI=1S/C12H18O3/c1-11(2)8-4-5-12(3,6-8)10(11)15-9(14)7-13/h7-8,10H,4-6H2,1-3H3. The third-order valence-electron chi connectivity index (χ3n) is 4.47. The quantitative estimate of drug-likeness (QED) is 0.397. The molecule has 0 saturated heterocycles. The molecule has 0 heterocycles. The predicted molar refractivity (Wildman–Crippen MR) is 55.2 cm³/mol. The summed E-state index contributed by atoms with van der Waals surface area (Å²) in [6.45, 7) is 6.46. The third kappa shape index (κ3) is 1.40. The summed E-state index contributed by atoms with van der Waals surface area (Å²) in [4.78, 5) is 21.4. The van der Waals surface area contributed by atoms with Gasteiger partial charge in [0.2, 0.25) is 6.29 Å². The van der Waals surface area contributed by atoms with Crippen LogP contribution < -0.4 is 0 Å². The van der Waals surface area contributed by atoms with E-state index in [9.17, 15) is 9.59 Å². The Morgan fingerprint density at radius 3 is 2.53 bits per heavy atom. The van der Waals surface area contributed by atoms with Crippen molar-refractivity contribution in [3.05, 3.63) is 0 Å². The molecule has 3 heteroatoms. The molecule has 0 N–H and O–H groups in total. The number of rotatable bonds is 2. The summed E-state index contributed by atoms with van der Waals surface area (Å²) in [5.74, 6) is -0.0891. The highest BCUT2D eigenvalue weighted by molar-refractivity contribution is 6.20. The number of carbonyl (C=O) groups is 2. The van der Waals surface area contributed by atoms with Crippen molar-refractivity contribution in [2.75, 3.05) is 0 Å². The van der Waals surface area contributed by atoms with E-state index in [1.54, 1.807) is 0 Å². The van der Waals surface area contributed by atoms with Crippen LogP contribution in [0.25, 0.3) is 0 Å². The molecule has 3 nitrogen and oxygen atoms in total. The molecule has 3 unspecified atom stereocenters. The van der Waals surface area contributed by atoms with Gasteiger partial charge in [0.1, 0.15) is 6.10 Å². The molecule has 0 aliphatic heterocycles. The maximum Gasteiger partial charge on any atom is 0.371 e. The normalized spacial score (nSPS) is 41.5. The topological polar surface area (TPSA) is 43.4 Å². The molecule has 0 aromatic heterocycles. The lowest BCUT2D eigenvalue weighted by Crippen LogP contribution is -2.43. The van der Waals surface area contributed by atoms with Gasteiger partial charge >= 0.3 is 5.97 Å². The van der Waals surface area contributed by atoms with Crippen LogP contribution in [0.15, 0.2) is 0 Å². The summed E-state index contributed by atoms with van der Waals surface area (Å²) in [7, 11) is 0. The first-order valence-electron chi connectivity index (χ1n) is 5.56. The van der Waals surface area contributed by atoms with Gasteiger partial charge in [-0.1, -0.05) is 20.8 Å². The number of ether oxygens (including phenoxy) is 1. The smallest absolute Gasteiger partial charge is 0.371 e. The highest BCUT2D eigenvalue weighted by Crippen LogP contribution is 2.63. The molecular weight excluding hydrogens is 192 g/mol. The Morgan fingerprint density at radius 2 is 2.07 bits per heavy atom. The van der Waals surface area contributed by atoms with Crippen molar-refractivity contribution in [3.63, 3.8) is 0 Å². The Bertz CT molecular complexity index is 303. The fourth-order valence-corrected chi connectivity index (χ4v) is 3.69. The van der Waals surface area contributed by atoms with E-state index in [0.29, 0.717) is 5.92 Å². The second kappa shape index (κ2) is 3.06. The maximum atomic E-state index is 11.1. The van der Waals surface area contributed by atoms with Crippen LogP contribution in [0.2, 0.25) is 0 Å². The van der Waals surface area contributed by atoms with E-state index in [1.807, 2.05) is 0 Å². The minimum Gasteiger partial charge on any atom is -0.456 e. The van der Waals surface area contributed by atoms with Crippen molar-refractivity contribution in [1.82, 2.24) is 0 Å². The van der Waals surface area contributed by atoms with Gasteiger partial charge in [-0.2, -0.15) is 0 Å². The molecule has 15 heavy (non-hydrogen) atoms. The molecule has 2 saturated carbocycles. The van der Waals surface area contributed by atoms with E-state index in [1.165, 1.54) is 6.42 Å². The van der Waals surface area contributed by atoms with Gasteiger partial charge in [-0.25, -0.2) is 4.79 Å². The molecule has 2 aliphatic rings. The number of fused-ring (bicyclic) bond motifs is 2. The van der Waals surface area contributed by atoms with Gasteiger partial charge in [0.05, 0.1) is 0 Å². The van der Waals surface area contributed by atoms with E-state index in [4.69, 9.17) is 4.74 Å². The fourth-order valence-electron chi connectivity index (χ4n) is 3.69. The number of hydrogen-bond donors (Lipinski definition) is 0. The minimum atomic E-state index is -0.721. The summed E-state index contributed by atoms with van der Waals surface area (Å²) in [6, 6.07) is 0. The van der Waals surface area contributed by atoms with E-state index in [2.05, 4.69) is 20.8 Å². The first kappa shape index (κ1) is 10.7. The summed E-state index contributed by atoms with van der Waals surface area (Å²) in [5.41, 5.74) is 0.110. The van der Waals surface area contributed by atoms with Crippen LogP contribution in [-0.2, 0) is 14.3 Å². The Hall–Kier alpha value is -0.860. The molecule has 0 radical (unpaired) electrons. The largest absolute Gasteiger partial charge is 0.456 e. The van der Waals surface area contributed by atoms with Crippen LogP contribution in [0.1, 0.15) is 40.0 Å². The predicted octanol–water partition coefficient (Wildman–Crippen LogP) is 1.94. The average Bonchev–Trinajstić information content (AvgIpc) is 2.63. The Kier molecular flexibility index (Phi) is 2.18. The Morgan fingerprint density at radius 1 is 1.40 bits per heavy atom. The van der Waals surface area contributed by atoms with E-state index < -0.39 is 5.97 Å². The molecule has 0 amide bonds. The number of carbonyl (C=O) groups excluding carboxylic acids is 2. The molecule has 2 bridgehead atoms. The molecular formula is C12H18O3. The zero-order valence-corrected chi connectivity index (χ0v) is 9.58. The van der Waals surface area contributed by atoms with Crippen molar-refractivity contribution < 1.29 is 14.3 Å². The van der Waals surface area contributed by atoms with E-state index >= 15 is 0 Å². The highest BCUT2D eigenvalue weighted by Gasteiger charge is 2.61. The third-order valence-corrected chi connectivity index (χ3v) is 4.47. The lowest BCUT2D eigenvalue weighted by atomic mass is 9.70. The SMILES string of the molecule is CC12CCC(C1)C(C)(C)C2OC(=O)C=O. The van der Waals surface area contributed by atoms with Crippen LogP contribution in [-0.4, -0.2) is 18.4 Å². The van der Waals surface area contributed by atoms with Gasteiger partial charge in [0.25, 0.3) is 0 Å². The highest BCUT2D eigenvalue weighted by atomic mass is 16.5. The van der Waals surface area contributed by atoms with E-state index in [-0.39, 0.29) is 23.2 Å². The first-order valence-corrected chi connectivity index (χ1v) is 5.56. The molecule has 0 aromatic rings. The van der Waals surface area contributed by atoms with Crippen molar-refractivity contribution in [2.24, 2.45) is 16.7 Å². The van der Waals surface area contributed by atoms with Crippen molar-refractivity contribution in [1.29, 1.82) is 0 Å². The van der Waals surface area contributed by atoms with E-state index in [0.717, 1.165) is 12.8 Å². The fraction of sp³-hybridized carbons (Fsp3) is 0.833. The van der Waals surface area contributed by atoms with Gasteiger partial charge in [-0.3, -0.25) is 4.79 Å². The van der Waals surface area contributed by atoms with Gasteiger partial charge in [-0.15, -0.1) is 0 Å². The monoisotopic (exact) mass is 210 g/mol. The van der Waals surface area contributed by atoms with Crippen molar-refractivity contribution in [3.8, 4) is 0 Å². The molecule has 0 aromatic carbocycles. The molecule has 3 atom stereocenters. The van der Waals surface area contributed by atoms with Crippen LogP contribution in [0.3, 0.4) is 0 Å². The number of esters is 1. The van der Waals surface area contributed by atoms with Crippen molar-refractivity contribution in [2.45, 2.75) is 46.1 Å². The zero-order chi connectivity index (χ0) is 11.3. The molecule has 0 spiro atoms. The van der Waals surface area contributed by atoms with Gasteiger partial charge in [0.15, 0.2) is 0 Å². The average molecular weight is 210 g/mol.